The predicted molar refractivity (Wildman–Crippen MR) is 113 cm³/mol. The molecule has 0 unspecified atom stereocenters. The highest BCUT2D eigenvalue weighted by Crippen LogP contribution is 2.29. The van der Waals surface area contributed by atoms with Crippen LogP contribution in [0.5, 0.6) is 11.5 Å². The highest BCUT2D eigenvalue weighted by Gasteiger charge is 2.17. The van der Waals surface area contributed by atoms with Crippen LogP contribution < -0.4 is 14.8 Å². The Morgan fingerprint density at radius 1 is 1.21 bits per heavy atom. The van der Waals surface area contributed by atoms with Gasteiger partial charge < -0.3 is 24.4 Å². The van der Waals surface area contributed by atoms with Gasteiger partial charge in [-0.2, -0.15) is 0 Å². The summed E-state index contributed by atoms with van der Waals surface area (Å²) in [6.45, 7) is 2.71. The van der Waals surface area contributed by atoms with Gasteiger partial charge in [0.25, 0.3) is 5.91 Å². The van der Waals surface area contributed by atoms with Crippen LogP contribution in [0.3, 0.4) is 0 Å². The topological polar surface area (TPSA) is 60.0 Å². The van der Waals surface area contributed by atoms with E-state index in [1.165, 1.54) is 0 Å². The van der Waals surface area contributed by atoms with Gasteiger partial charge in [0.2, 0.25) is 0 Å². The van der Waals surface area contributed by atoms with E-state index in [-0.39, 0.29) is 12.5 Å². The number of nitrogens with one attached hydrogen (secondary N) is 1. The molecule has 0 spiro atoms. The van der Waals surface area contributed by atoms with Crippen molar-refractivity contribution in [1.82, 2.24) is 4.90 Å². The molecule has 2 aromatic carbocycles. The average molecular weight is 421 g/mol. The second kappa shape index (κ2) is 9.73. The number of anilines is 1. The van der Waals surface area contributed by atoms with E-state index in [0.29, 0.717) is 35.4 Å². The first-order valence-electron chi connectivity index (χ1n) is 8.80. The van der Waals surface area contributed by atoms with Crippen molar-refractivity contribution in [2.75, 3.05) is 45.3 Å². The van der Waals surface area contributed by atoms with Gasteiger partial charge >= 0.3 is 0 Å². The average Bonchev–Trinajstić information content (AvgIpc) is 2.72. The quantitative estimate of drug-likeness (QED) is 0.723. The van der Waals surface area contributed by atoms with Crippen molar-refractivity contribution in [2.24, 2.45) is 0 Å². The number of halogens is 1. The van der Waals surface area contributed by atoms with Crippen LogP contribution in [0.2, 0.25) is 5.02 Å². The fraction of sp³-hybridized carbons (Fsp3) is 0.300. The number of amides is 1. The monoisotopic (exact) mass is 420 g/mol. The predicted octanol–water partition coefficient (Wildman–Crippen LogP) is 3.37. The lowest BCUT2D eigenvalue weighted by Gasteiger charge is -2.29. The Morgan fingerprint density at radius 2 is 2.00 bits per heavy atom. The van der Waals surface area contributed by atoms with Gasteiger partial charge in [0, 0.05) is 29.4 Å². The molecule has 1 amide bonds. The lowest BCUT2D eigenvalue weighted by Crippen LogP contribution is -2.40. The maximum absolute atomic E-state index is 12.1. The molecule has 28 heavy (non-hydrogen) atoms. The maximum Gasteiger partial charge on any atom is 0.262 e. The van der Waals surface area contributed by atoms with E-state index in [0.717, 1.165) is 23.6 Å². The van der Waals surface area contributed by atoms with E-state index in [1.807, 2.05) is 12.1 Å². The third-order valence-electron chi connectivity index (χ3n) is 4.18. The van der Waals surface area contributed by atoms with Gasteiger partial charge in [-0.25, -0.2) is 0 Å². The number of methoxy groups -OCH3 is 1. The molecule has 1 fully saturated rings. The van der Waals surface area contributed by atoms with E-state index in [1.54, 1.807) is 37.4 Å². The molecule has 6 nitrogen and oxygen atoms in total. The first-order valence-corrected chi connectivity index (χ1v) is 9.58. The third kappa shape index (κ3) is 5.34. The summed E-state index contributed by atoms with van der Waals surface area (Å²) in [6, 6.07) is 12.4. The number of hydrogen-bond acceptors (Lipinski definition) is 5. The van der Waals surface area contributed by atoms with Gasteiger partial charge in [0.05, 0.1) is 20.3 Å². The molecule has 0 atom stereocenters. The minimum atomic E-state index is -0.294. The number of carbonyl (C=O) groups is 1. The molecule has 0 radical (unpaired) electrons. The second-order valence-corrected chi connectivity index (χ2v) is 6.94. The maximum atomic E-state index is 12.1. The smallest absolute Gasteiger partial charge is 0.262 e. The Bertz CT molecular complexity index is 856. The highest BCUT2D eigenvalue weighted by molar-refractivity contribution is 7.80. The van der Waals surface area contributed by atoms with Crippen LogP contribution >= 0.6 is 23.8 Å². The summed E-state index contributed by atoms with van der Waals surface area (Å²) in [4.78, 5) is 15.0. The van der Waals surface area contributed by atoms with Crippen molar-refractivity contribution in [3.63, 3.8) is 0 Å². The number of rotatable bonds is 6. The van der Waals surface area contributed by atoms with Crippen LogP contribution in [0.4, 0.5) is 5.69 Å². The number of carbonyl (C=O) groups excluding carboxylic acids is 1. The Labute approximate surface area is 174 Å². The molecule has 8 heteroatoms. The van der Waals surface area contributed by atoms with Crippen molar-refractivity contribution < 1.29 is 19.0 Å². The Hall–Kier alpha value is -2.35. The summed E-state index contributed by atoms with van der Waals surface area (Å²) < 4.78 is 16.4. The van der Waals surface area contributed by atoms with Crippen LogP contribution in [-0.4, -0.2) is 55.8 Å². The van der Waals surface area contributed by atoms with Crippen LogP contribution in [0.1, 0.15) is 5.56 Å². The lowest BCUT2D eigenvalue weighted by molar-refractivity contribution is -0.118. The molecule has 2 aromatic rings. The number of thiocarbonyl (C=S) groups is 1. The van der Waals surface area contributed by atoms with Crippen LogP contribution in [-0.2, 0) is 9.53 Å². The lowest BCUT2D eigenvalue weighted by atomic mass is 10.1. The van der Waals surface area contributed by atoms with Crippen molar-refractivity contribution in [2.45, 2.75) is 0 Å². The number of morpholine rings is 1. The molecule has 0 aliphatic carbocycles. The molecule has 1 aliphatic rings. The third-order valence-corrected chi connectivity index (χ3v) is 4.91. The standard InChI is InChI=1S/C20H21ClN2O4S/c1-25-18-11-14(20(28)23-7-9-26-10-8-23)5-6-17(18)27-13-19(24)22-16-4-2-3-15(21)12-16/h2-6,11-12H,7-10,13H2,1H3,(H,22,24). The first kappa shape index (κ1) is 20.4. The van der Waals surface area contributed by atoms with Crippen molar-refractivity contribution in [3.8, 4) is 11.5 Å². The Morgan fingerprint density at radius 3 is 2.71 bits per heavy atom. The Balaban J connectivity index is 1.62. The fourth-order valence-corrected chi connectivity index (χ4v) is 3.28. The van der Waals surface area contributed by atoms with Gasteiger partial charge in [-0.15, -0.1) is 0 Å². The minimum Gasteiger partial charge on any atom is -0.493 e. The van der Waals surface area contributed by atoms with Crippen molar-refractivity contribution in [3.05, 3.63) is 53.1 Å². The molecule has 1 saturated heterocycles. The van der Waals surface area contributed by atoms with E-state index in [4.69, 9.17) is 38.0 Å². The Kier molecular flexibility index (Phi) is 7.08. The van der Waals surface area contributed by atoms with Crippen LogP contribution in [0.15, 0.2) is 42.5 Å². The van der Waals surface area contributed by atoms with Gasteiger partial charge in [-0.05, 0) is 36.4 Å². The SMILES string of the molecule is COc1cc(C(=S)N2CCOCC2)ccc1OCC(=O)Nc1cccc(Cl)c1. The number of nitrogens with zero attached hydrogens (tertiary/aromatic N) is 1. The molecular formula is C20H21ClN2O4S. The highest BCUT2D eigenvalue weighted by atomic mass is 35.5. The summed E-state index contributed by atoms with van der Waals surface area (Å²) >= 11 is 11.5. The number of benzene rings is 2. The van der Waals surface area contributed by atoms with Crippen molar-refractivity contribution >= 4 is 40.4 Å². The van der Waals surface area contributed by atoms with E-state index < -0.39 is 0 Å². The zero-order valence-corrected chi connectivity index (χ0v) is 17.0. The van der Waals surface area contributed by atoms with E-state index in [2.05, 4.69) is 10.2 Å². The second-order valence-electron chi connectivity index (χ2n) is 6.12. The summed E-state index contributed by atoms with van der Waals surface area (Å²) in [7, 11) is 1.55. The summed E-state index contributed by atoms with van der Waals surface area (Å²) in [5.41, 5.74) is 1.48. The molecule has 1 aliphatic heterocycles. The van der Waals surface area contributed by atoms with Crippen LogP contribution in [0, 0.1) is 0 Å². The first-order chi connectivity index (χ1) is 13.6. The molecule has 1 heterocycles. The summed E-state index contributed by atoms with van der Waals surface area (Å²) in [6.07, 6.45) is 0. The molecular weight excluding hydrogens is 400 g/mol. The summed E-state index contributed by atoms with van der Waals surface area (Å²) in [5.74, 6) is 0.693. The molecule has 0 aromatic heterocycles. The zero-order valence-electron chi connectivity index (χ0n) is 15.4. The van der Waals surface area contributed by atoms with Gasteiger partial charge in [-0.1, -0.05) is 29.9 Å². The summed E-state index contributed by atoms with van der Waals surface area (Å²) in [5, 5.41) is 3.28. The minimum absolute atomic E-state index is 0.157. The fourth-order valence-electron chi connectivity index (χ4n) is 2.78. The molecule has 1 N–H and O–H groups in total. The largest absolute Gasteiger partial charge is 0.493 e. The normalized spacial score (nSPS) is 13.7. The molecule has 3 rings (SSSR count). The number of hydrogen-bond donors (Lipinski definition) is 1. The van der Waals surface area contributed by atoms with E-state index >= 15 is 0 Å². The van der Waals surface area contributed by atoms with E-state index in [9.17, 15) is 4.79 Å². The van der Waals surface area contributed by atoms with Gasteiger partial charge in [0.15, 0.2) is 18.1 Å². The molecule has 0 saturated carbocycles. The molecule has 148 valence electrons. The van der Waals surface area contributed by atoms with Crippen LogP contribution in [0.25, 0.3) is 0 Å². The van der Waals surface area contributed by atoms with Gasteiger partial charge in [-0.3, -0.25) is 4.79 Å². The molecule has 0 bridgehead atoms. The van der Waals surface area contributed by atoms with Crippen molar-refractivity contribution in [1.29, 1.82) is 0 Å². The van der Waals surface area contributed by atoms with Gasteiger partial charge in [0.1, 0.15) is 4.99 Å². The number of ether oxygens (including phenoxy) is 3. The zero-order chi connectivity index (χ0) is 19.9.